The number of benzene rings is 1. The van der Waals surface area contributed by atoms with Gasteiger partial charge in [-0.1, -0.05) is 18.2 Å². The van der Waals surface area contributed by atoms with Crippen molar-refractivity contribution in [2.45, 2.75) is 76.9 Å². The summed E-state index contributed by atoms with van der Waals surface area (Å²) in [7, 11) is 0. The van der Waals surface area contributed by atoms with E-state index in [-0.39, 0.29) is 12.5 Å². The summed E-state index contributed by atoms with van der Waals surface area (Å²) in [6.07, 6.45) is -3.49. The standard InChI is InChI=1S/C21H28N2O7/c1-11-8-6-7-9-12(11)23-13(24)10-22-18(25)16-14-15(28-20(2,3)27-14)17-19(26-16)30-21(4,5)29-17/h6-9,14-17,19H,10H2,1-5H3,(H,22,25)(H,23,24)/t14-,15+,16+,17+,19+/m0/s1. The van der Waals surface area contributed by atoms with Gasteiger partial charge >= 0.3 is 0 Å². The van der Waals surface area contributed by atoms with Gasteiger partial charge in [-0.05, 0) is 46.2 Å². The first-order chi connectivity index (χ1) is 14.0. The molecule has 2 amide bonds. The van der Waals surface area contributed by atoms with Crippen molar-refractivity contribution in [3.8, 4) is 0 Å². The molecule has 3 fully saturated rings. The topological polar surface area (TPSA) is 104 Å². The van der Waals surface area contributed by atoms with Gasteiger partial charge in [-0.2, -0.15) is 0 Å². The maximum Gasteiger partial charge on any atom is 0.252 e. The molecular formula is C21H28N2O7. The number of hydrogen-bond donors (Lipinski definition) is 2. The zero-order chi connectivity index (χ0) is 21.7. The van der Waals surface area contributed by atoms with E-state index in [0.29, 0.717) is 5.69 Å². The van der Waals surface area contributed by atoms with Gasteiger partial charge in [-0.3, -0.25) is 9.59 Å². The molecule has 3 saturated heterocycles. The van der Waals surface area contributed by atoms with Crippen LogP contribution in [0.15, 0.2) is 24.3 Å². The third-order valence-electron chi connectivity index (χ3n) is 5.26. The predicted octanol–water partition coefficient (Wildman–Crippen LogP) is 1.45. The van der Waals surface area contributed by atoms with Gasteiger partial charge in [-0.25, -0.2) is 0 Å². The van der Waals surface area contributed by atoms with Crippen molar-refractivity contribution in [2.75, 3.05) is 11.9 Å². The van der Waals surface area contributed by atoms with Crippen molar-refractivity contribution in [2.24, 2.45) is 0 Å². The second kappa shape index (κ2) is 7.58. The number of para-hydroxylation sites is 1. The fourth-order valence-corrected chi connectivity index (χ4v) is 4.00. The Hall–Kier alpha value is -2.04. The highest BCUT2D eigenvalue weighted by atomic mass is 16.9. The quantitative estimate of drug-likeness (QED) is 0.760. The summed E-state index contributed by atoms with van der Waals surface area (Å²) >= 11 is 0. The van der Waals surface area contributed by atoms with Crippen LogP contribution in [0.3, 0.4) is 0 Å². The number of hydrogen-bond acceptors (Lipinski definition) is 7. The molecule has 4 rings (SSSR count). The van der Waals surface area contributed by atoms with Crippen molar-refractivity contribution in [3.63, 3.8) is 0 Å². The first-order valence-corrected chi connectivity index (χ1v) is 10.0. The summed E-state index contributed by atoms with van der Waals surface area (Å²) in [5.41, 5.74) is 1.63. The van der Waals surface area contributed by atoms with Gasteiger partial charge in [0.15, 0.2) is 24.0 Å². The summed E-state index contributed by atoms with van der Waals surface area (Å²) in [5, 5.41) is 5.41. The Labute approximate surface area is 175 Å². The first kappa shape index (κ1) is 21.2. The van der Waals surface area contributed by atoms with Crippen LogP contribution >= 0.6 is 0 Å². The minimum Gasteiger partial charge on any atom is -0.345 e. The average Bonchev–Trinajstić information content (AvgIpc) is 3.14. The summed E-state index contributed by atoms with van der Waals surface area (Å²) in [6, 6.07) is 7.41. The molecule has 0 spiro atoms. The Bertz CT molecular complexity index is 840. The van der Waals surface area contributed by atoms with Crippen LogP contribution in [-0.2, 0) is 33.3 Å². The first-order valence-electron chi connectivity index (χ1n) is 10.0. The number of carbonyl (C=O) groups is 2. The molecule has 0 unspecified atom stereocenters. The molecule has 3 heterocycles. The lowest BCUT2D eigenvalue weighted by Gasteiger charge is -2.36. The second-order valence-corrected chi connectivity index (χ2v) is 8.67. The summed E-state index contributed by atoms with van der Waals surface area (Å²) in [5.74, 6) is -2.58. The van der Waals surface area contributed by atoms with Gasteiger partial charge in [0.05, 0.1) is 6.54 Å². The third-order valence-corrected chi connectivity index (χ3v) is 5.26. The Morgan fingerprint density at radius 3 is 2.30 bits per heavy atom. The molecule has 0 aromatic heterocycles. The zero-order valence-electron chi connectivity index (χ0n) is 17.8. The maximum atomic E-state index is 12.9. The van der Waals surface area contributed by atoms with Crippen LogP contribution in [-0.4, -0.2) is 60.6 Å². The zero-order valence-corrected chi connectivity index (χ0v) is 17.8. The van der Waals surface area contributed by atoms with Gasteiger partial charge in [-0.15, -0.1) is 0 Å². The SMILES string of the molecule is Cc1ccccc1NC(=O)CNC(=O)[C@@H]1O[C@@H]2OC(C)(C)O[C@@H]2[C@@H]2OC(C)(C)O[C@@H]21. The molecule has 30 heavy (non-hydrogen) atoms. The van der Waals surface area contributed by atoms with Gasteiger partial charge in [0.1, 0.15) is 18.3 Å². The molecule has 1 aromatic carbocycles. The number of amides is 2. The Kier molecular flexibility index (Phi) is 5.36. The van der Waals surface area contributed by atoms with E-state index in [0.717, 1.165) is 5.56 Å². The highest BCUT2D eigenvalue weighted by Gasteiger charge is 2.62. The molecule has 0 aliphatic carbocycles. The lowest BCUT2D eigenvalue weighted by Crippen LogP contribution is -2.59. The van der Waals surface area contributed by atoms with Crippen molar-refractivity contribution in [1.29, 1.82) is 0 Å². The molecule has 5 atom stereocenters. The largest absolute Gasteiger partial charge is 0.345 e. The van der Waals surface area contributed by atoms with Crippen LogP contribution in [0.25, 0.3) is 0 Å². The van der Waals surface area contributed by atoms with E-state index in [1.165, 1.54) is 0 Å². The highest BCUT2D eigenvalue weighted by Crippen LogP contribution is 2.44. The summed E-state index contributed by atoms with van der Waals surface area (Å²) in [6.45, 7) is 8.78. The monoisotopic (exact) mass is 420 g/mol. The van der Waals surface area contributed by atoms with Crippen molar-refractivity contribution < 1.29 is 33.3 Å². The van der Waals surface area contributed by atoms with Crippen molar-refractivity contribution in [1.82, 2.24) is 5.32 Å². The Morgan fingerprint density at radius 1 is 0.933 bits per heavy atom. The van der Waals surface area contributed by atoms with E-state index in [1.807, 2.05) is 25.1 Å². The smallest absolute Gasteiger partial charge is 0.252 e. The molecule has 9 nitrogen and oxygen atoms in total. The van der Waals surface area contributed by atoms with Crippen molar-refractivity contribution in [3.05, 3.63) is 29.8 Å². The van der Waals surface area contributed by atoms with E-state index in [1.54, 1.807) is 33.8 Å². The van der Waals surface area contributed by atoms with Crippen LogP contribution in [0.2, 0.25) is 0 Å². The molecule has 164 valence electrons. The van der Waals surface area contributed by atoms with Gasteiger partial charge < -0.3 is 34.3 Å². The number of ether oxygens (including phenoxy) is 5. The molecule has 1 aromatic rings. The molecule has 0 bridgehead atoms. The van der Waals surface area contributed by atoms with Gasteiger partial charge in [0.25, 0.3) is 5.91 Å². The normalized spacial score (nSPS) is 33.4. The van der Waals surface area contributed by atoms with Crippen LogP contribution in [0.1, 0.15) is 33.3 Å². The van der Waals surface area contributed by atoms with Crippen LogP contribution in [0.4, 0.5) is 5.69 Å². The lowest BCUT2D eigenvalue weighted by molar-refractivity contribution is -0.231. The Balaban J connectivity index is 1.41. The van der Waals surface area contributed by atoms with Crippen LogP contribution in [0.5, 0.6) is 0 Å². The molecule has 0 radical (unpaired) electrons. The third kappa shape index (κ3) is 4.21. The fraction of sp³-hybridized carbons (Fsp3) is 0.619. The molecule has 3 aliphatic rings. The lowest BCUT2D eigenvalue weighted by atomic mass is 9.98. The molecule has 0 saturated carbocycles. The summed E-state index contributed by atoms with van der Waals surface area (Å²) < 4.78 is 29.5. The minimum absolute atomic E-state index is 0.203. The number of carbonyl (C=O) groups excluding carboxylic acids is 2. The van der Waals surface area contributed by atoms with E-state index in [4.69, 9.17) is 23.7 Å². The van der Waals surface area contributed by atoms with E-state index < -0.39 is 48.2 Å². The second-order valence-electron chi connectivity index (χ2n) is 8.67. The number of rotatable bonds is 4. The van der Waals surface area contributed by atoms with E-state index in [2.05, 4.69) is 10.6 Å². The number of aryl methyl sites for hydroxylation is 1. The number of fused-ring (bicyclic) bond motifs is 3. The number of anilines is 1. The average molecular weight is 420 g/mol. The number of nitrogens with one attached hydrogen (secondary N) is 2. The molecule has 9 heteroatoms. The molecule has 3 aliphatic heterocycles. The Morgan fingerprint density at radius 2 is 1.57 bits per heavy atom. The van der Waals surface area contributed by atoms with E-state index in [9.17, 15) is 9.59 Å². The molecular weight excluding hydrogens is 392 g/mol. The van der Waals surface area contributed by atoms with Gasteiger partial charge in [0.2, 0.25) is 5.91 Å². The summed E-state index contributed by atoms with van der Waals surface area (Å²) in [4.78, 5) is 25.2. The van der Waals surface area contributed by atoms with Crippen LogP contribution < -0.4 is 10.6 Å². The minimum atomic E-state index is -0.998. The highest BCUT2D eigenvalue weighted by molar-refractivity contribution is 5.95. The maximum absolute atomic E-state index is 12.9. The fourth-order valence-electron chi connectivity index (χ4n) is 4.00. The van der Waals surface area contributed by atoms with E-state index >= 15 is 0 Å². The van der Waals surface area contributed by atoms with Gasteiger partial charge in [0, 0.05) is 5.69 Å². The molecule has 2 N–H and O–H groups in total. The van der Waals surface area contributed by atoms with Crippen molar-refractivity contribution >= 4 is 17.5 Å². The van der Waals surface area contributed by atoms with Crippen LogP contribution in [0, 0.1) is 6.92 Å². The predicted molar refractivity (Wildman–Crippen MR) is 105 cm³/mol.